The number of anilines is 1. The molecule has 0 saturated carbocycles. The number of aryl methyl sites for hydroxylation is 2. The highest BCUT2D eigenvalue weighted by atomic mass is 32.2. The molecule has 1 aliphatic rings. The number of hydrogen-bond donors (Lipinski definition) is 0. The third-order valence-corrected chi connectivity index (χ3v) is 7.77. The van der Waals surface area contributed by atoms with Gasteiger partial charge in [0.05, 0.1) is 17.4 Å². The molecule has 0 amide bonds. The van der Waals surface area contributed by atoms with Gasteiger partial charge in [0.25, 0.3) is 0 Å². The summed E-state index contributed by atoms with van der Waals surface area (Å²) in [4.78, 5) is 2.25. The molecule has 0 N–H and O–H groups in total. The standard InChI is InChI=1S/C19H20N8O2S2/c1-13-12-14(2)27(22-13)18-7-6-17(20-21-18)25-8-10-26(11-9-25)31(28,29)16-5-3-4-15-19(16)24-30-23-15/h3-7,12H,8-11H2,1-2H3. The zero-order valence-corrected chi connectivity index (χ0v) is 18.6. The van der Waals surface area contributed by atoms with Crippen LogP contribution in [0.3, 0.4) is 0 Å². The van der Waals surface area contributed by atoms with Crippen LogP contribution in [0.5, 0.6) is 0 Å². The molecule has 4 heterocycles. The third-order valence-electron chi connectivity index (χ3n) is 5.29. The Labute approximate surface area is 183 Å². The Morgan fingerprint density at radius 2 is 1.68 bits per heavy atom. The lowest BCUT2D eigenvalue weighted by Gasteiger charge is -2.34. The van der Waals surface area contributed by atoms with E-state index in [0.29, 0.717) is 48.8 Å². The molecule has 31 heavy (non-hydrogen) atoms. The summed E-state index contributed by atoms with van der Waals surface area (Å²) in [6.45, 7) is 5.67. The fourth-order valence-electron chi connectivity index (χ4n) is 3.75. The van der Waals surface area contributed by atoms with Gasteiger partial charge in [-0.2, -0.15) is 18.2 Å². The summed E-state index contributed by atoms with van der Waals surface area (Å²) in [7, 11) is -3.65. The zero-order chi connectivity index (χ0) is 21.6. The number of nitrogens with zero attached hydrogens (tertiary/aromatic N) is 8. The number of benzene rings is 1. The molecule has 0 spiro atoms. The number of rotatable bonds is 4. The number of fused-ring (bicyclic) bond motifs is 1. The molecule has 1 fully saturated rings. The van der Waals surface area contributed by atoms with Crippen molar-refractivity contribution in [3.05, 3.63) is 47.8 Å². The molecule has 10 nitrogen and oxygen atoms in total. The van der Waals surface area contributed by atoms with Crippen molar-refractivity contribution < 1.29 is 8.42 Å². The minimum absolute atomic E-state index is 0.209. The van der Waals surface area contributed by atoms with Crippen LogP contribution in [0.25, 0.3) is 16.9 Å². The SMILES string of the molecule is Cc1cc(C)n(-c2ccc(N3CCN(S(=O)(=O)c4cccc5nsnc45)CC3)nn2)n1. The van der Waals surface area contributed by atoms with Gasteiger partial charge in [-0.3, -0.25) is 0 Å². The topological polar surface area (TPSA) is 110 Å². The fraction of sp³-hybridized carbons (Fsp3) is 0.316. The average molecular weight is 457 g/mol. The van der Waals surface area contributed by atoms with Crippen molar-refractivity contribution in [2.45, 2.75) is 18.7 Å². The van der Waals surface area contributed by atoms with Crippen LogP contribution in [-0.2, 0) is 10.0 Å². The van der Waals surface area contributed by atoms with Crippen molar-refractivity contribution in [3.8, 4) is 5.82 Å². The molecule has 3 aromatic heterocycles. The summed E-state index contributed by atoms with van der Waals surface area (Å²) in [5.41, 5.74) is 2.94. The maximum absolute atomic E-state index is 13.2. The second-order valence-electron chi connectivity index (χ2n) is 7.37. The maximum Gasteiger partial charge on any atom is 0.245 e. The molecular weight excluding hydrogens is 436 g/mol. The molecule has 0 bridgehead atoms. The minimum atomic E-state index is -3.65. The summed E-state index contributed by atoms with van der Waals surface area (Å²) < 4.78 is 37.9. The molecule has 5 rings (SSSR count). The van der Waals surface area contributed by atoms with Crippen LogP contribution in [0.15, 0.2) is 41.3 Å². The van der Waals surface area contributed by atoms with Gasteiger partial charge in [-0.1, -0.05) is 6.07 Å². The Kier molecular flexibility index (Phi) is 4.91. The third kappa shape index (κ3) is 3.56. The fourth-order valence-corrected chi connectivity index (χ4v) is 5.92. The normalized spacial score (nSPS) is 15.6. The van der Waals surface area contributed by atoms with Crippen LogP contribution in [0.4, 0.5) is 5.82 Å². The van der Waals surface area contributed by atoms with Gasteiger partial charge in [-0.15, -0.1) is 10.2 Å². The van der Waals surface area contributed by atoms with Gasteiger partial charge >= 0.3 is 0 Å². The first kappa shape index (κ1) is 20.0. The van der Waals surface area contributed by atoms with Gasteiger partial charge in [0.1, 0.15) is 15.9 Å². The lowest BCUT2D eigenvalue weighted by atomic mass is 10.3. The smallest absolute Gasteiger partial charge is 0.245 e. The monoisotopic (exact) mass is 456 g/mol. The van der Waals surface area contributed by atoms with Gasteiger partial charge in [0.2, 0.25) is 10.0 Å². The highest BCUT2D eigenvalue weighted by Crippen LogP contribution is 2.26. The number of sulfonamides is 1. The number of aromatic nitrogens is 6. The molecule has 1 aromatic carbocycles. The summed E-state index contributed by atoms with van der Waals surface area (Å²) in [6.07, 6.45) is 0. The average Bonchev–Trinajstić information content (AvgIpc) is 3.39. The van der Waals surface area contributed by atoms with E-state index in [1.807, 2.05) is 36.9 Å². The van der Waals surface area contributed by atoms with E-state index in [1.165, 1.54) is 4.31 Å². The van der Waals surface area contributed by atoms with Gasteiger partial charge in [-0.25, -0.2) is 13.1 Å². The molecule has 0 unspecified atom stereocenters. The van der Waals surface area contributed by atoms with E-state index in [1.54, 1.807) is 22.9 Å². The van der Waals surface area contributed by atoms with Crippen molar-refractivity contribution in [1.29, 1.82) is 0 Å². The van der Waals surface area contributed by atoms with E-state index < -0.39 is 10.0 Å². The van der Waals surface area contributed by atoms with Crippen molar-refractivity contribution in [2.24, 2.45) is 0 Å². The predicted octanol–water partition coefficient (Wildman–Crippen LogP) is 1.79. The van der Waals surface area contributed by atoms with Gasteiger partial charge in [0, 0.05) is 31.9 Å². The second-order valence-corrected chi connectivity index (χ2v) is 9.80. The van der Waals surface area contributed by atoms with E-state index >= 15 is 0 Å². The first-order chi connectivity index (χ1) is 14.9. The lowest BCUT2D eigenvalue weighted by Crippen LogP contribution is -2.49. The van der Waals surface area contributed by atoms with E-state index in [9.17, 15) is 8.42 Å². The first-order valence-electron chi connectivity index (χ1n) is 9.77. The van der Waals surface area contributed by atoms with E-state index in [2.05, 4.69) is 24.0 Å². The summed E-state index contributed by atoms with van der Waals surface area (Å²) >= 11 is 1.02. The van der Waals surface area contributed by atoms with E-state index in [4.69, 9.17) is 0 Å². The zero-order valence-electron chi connectivity index (χ0n) is 17.0. The molecule has 0 aliphatic carbocycles. The van der Waals surface area contributed by atoms with Crippen molar-refractivity contribution in [2.75, 3.05) is 31.1 Å². The molecule has 4 aromatic rings. The molecule has 160 valence electrons. The molecule has 0 atom stereocenters. The van der Waals surface area contributed by atoms with Crippen molar-refractivity contribution in [1.82, 2.24) is 33.0 Å². The minimum Gasteiger partial charge on any atom is -0.352 e. The maximum atomic E-state index is 13.2. The number of piperazine rings is 1. The van der Waals surface area contributed by atoms with Crippen LogP contribution in [0.2, 0.25) is 0 Å². The van der Waals surface area contributed by atoms with Crippen LogP contribution >= 0.6 is 11.7 Å². The Morgan fingerprint density at radius 3 is 2.35 bits per heavy atom. The van der Waals surface area contributed by atoms with Crippen LogP contribution in [0.1, 0.15) is 11.4 Å². The summed E-state index contributed by atoms with van der Waals surface area (Å²) in [5.74, 6) is 1.37. The molecule has 1 aliphatic heterocycles. The van der Waals surface area contributed by atoms with Crippen LogP contribution in [-0.4, -0.2) is 67.6 Å². The predicted molar refractivity (Wildman–Crippen MR) is 117 cm³/mol. The van der Waals surface area contributed by atoms with Crippen molar-refractivity contribution >= 4 is 38.6 Å². The highest BCUT2D eigenvalue weighted by Gasteiger charge is 2.31. The second kappa shape index (κ2) is 7.62. The Morgan fingerprint density at radius 1 is 0.935 bits per heavy atom. The quantitative estimate of drug-likeness (QED) is 0.457. The highest BCUT2D eigenvalue weighted by molar-refractivity contribution is 7.89. The summed E-state index contributed by atoms with van der Waals surface area (Å²) in [6, 6.07) is 10.8. The first-order valence-corrected chi connectivity index (χ1v) is 11.9. The molecule has 12 heteroatoms. The van der Waals surface area contributed by atoms with Crippen LogP contribution < -0.4 is 4.90 Å². The Bertz CT molecular complexity index is 1340. The Hall–Kier alpha value is -2.96. The van der Waals surface area contributed by atoms with E-state index in [-0.39, 0.29) is 4.90 Å². The molecule has 1 saturated heterocycles. The Balaban J connectivity index is 1.31. The summed E-state index contributed by atoms with van der Waals surface area (Å²) in [5, 5.41) is 13.1. The van der Waals surface area contributed by atoms with Crippen molar-refractivity contribution in [3.63, 3.8) is 0 Å². The van der Waals surface area contributed by atoms with Crippen LogP contribution in [0, 0.1) is 13.8 Å². The van der Waals surface area contributed by atoms with Gasteiger partial charge in [-0.05, 0) is 44.2 Å². The molecule has 0 radical (unpaired) electrons. The van der Waals surface area contributed by atoms with Gasteiger partial charge in [0.15, 0.2) is 11.6 Å². The lowest BCUT2D eigenvalue weighted by molar-refractivity contribution is 0.384. The van der Waals surface area contributed by atoms with E-state index in [0.717, 1.165) is 23.1 Å². The number of hydrogen-bond acceptors (Lipinski definition) is 9. The molecular formula is C19H20N8O2S2. The largest absolute Gasteiger partial charge is 0.352 e. The van der Waals surface area contributed by atoms with Gasteiger partial charge < -0.3 is 4.90 Å².